The van der Waals surface area contributed by atoms with Gasteiger partial charge in [0.05, 0.1) is 23.5 Å². The molecule has 0 saturated carbocycles. The van der Waals surface area contributed by atoms with Gasteiger partial charge in [0.1, 0.15) is 0 Å². The molecule has 3 atom stereocenters. The number of allylic oxidation sites excluding steroid dienone is 7. The lowest BCUT2D eigenvalue weighted by Crippen LogP contribution is -2.45. The molecule has 6 nitrogen and oxygen atoms in total. The summed E-state index contributed by atoms with van der Waals surface area (Å²) in [6, 6.07) is 29.6. The van der Waals surface area contributed by atoms with E-state index >= 15 is 0 Å². The molecule has 0 aromatic heterocycles. The van der Waals surface area contributed by atoms with Gasteiger partial charge in [-0.1, -0.05) is 122 Å². The van der Waals surface area contributed by atoms with Gasteiger partial charge in [-0.05, 0) is 79.0 Å². The number of nitrogens with zero attached hydrogens (tertiary/aromatic N) is 1. The van der Waals surface area contributed by atoms with Gasteiger partial charge in [-0.2, -0.15) is 12.6 Å². The van der Waals surface area contributed by atoms with Crippen LogP contribution in [0.15, 0.2) is 168 Å². The molecule has 0 heterocycles. The average Bonchev–Trinajstić information content (AvgIpc) is 3.19. The van der Waals surface area contributed by atoms with E-state index in [2.05, 4.69) is 157 Å². The summed E-state index contributed by atoms with van der Waals surface area (Å²) in [6.07, 6.45) is 13.3. The Labute approximate surface area is 323 Å². The summed E-state index contributed by atoms with van der Waals surface area (Å²) in [5.41, 5.74) is 19.5. The number of benzene rings is 3. The molecule has 276 valence electrons. The van der Waals surface area contributed by atoms with Gasteiger partial charge in [0, 0.05) is 54.6 Å². The summed E-state index contributed by atoms with van der Waals surface area (Å²) >= 11 is 4.44. The largest absolute Gasteiger partial charge is 0.386 e. The molecule has 0 amide bonds. The Morgan fingerprint density at radius 3 is 2.08 bits per heavy atom. The molecule has 0 bridgehead atoms. The first-order valence-corrected chi connectivity index (χ1v) is 19.4. The fourth-order valence-corrected chi connectivity index (χ4v) is 6.99. The van der Waals surface area contributed by atoms with E-state index < -0.39 is 0 Å². The zero-order chi connectivity index (χ0) is 37.6. The van der Waals surface area contributed by atoms with E-state index in [1.165, 1.54) is 33.4 Å². The van der Waals surface area contributed by atoms with Crippen LogP contribution < -0.4 is 27.0 Å². The Kier molecular flexibility index (Phi) is 14.6. The molecule has 7 heteroatoms. The Morgan fingerprint density at radius 1 is 0.792 bits per heavy atom. The van der Waals surface area contributed by atoms with E-state index in [1.54, 1.807) is 0 Å². The molecule has 6 N–H and O–H groups in total. The fraction of sp³-hybridized carbons (Fsp3) is 0.283. The summed E-state index contributed by atoms with van der Waals surface area (Å²) < 4.78 is 0. The topological polar surface area (TPSA) is 86.5 Å². The summed E-state index contributed by atoms with van der Waals surface area (Å²) in [6.45, 7) is 16.8. The van der Waals surface area contributed by atoms with Gasteiger partial charge in [0.2, 0.25) is 0 Å². The molecule has 3 aromatic carbocycles. The standard InChI is InChI=1S/C46H56N6S/c1-6-49-46-32(2)43(25-26-44(46)48-5)50-28-27-41(29-35-17-21-39(22-18-35)37-13-9-7-10-14-37)51-34(4)45(52-33(3)42(47)31-53)30-36-19-23-40(24-20-36)38-15-11-8-12-16-38/h7-17,19-21,23-26,41-42,45,48,50-53H,2-4,6,18,22,27-31,47H2,1,5H3. The predicted molar refractivity (Wildman–Crippen MR) is 231 cm³/mol. The number of aliphatic imine (C=N–C) groups is 1. The van der Waals surface area contributed by atoms with Crippen molar-refractivity contribution in [3.63, 3.8) is 0 Å². The average molecular weight is 725 g/mol. The first-order valence-electron chi connectivity index (χ1n) is 18.7. The van der Waals surface area contributed by atoms with Crippen LogP contribution in [-0.2, 0) is 6.42 Å². The molecule has 3 aromatic rings. The first-order chi connectivity index (χ1) is 25.8. The summed E-state index contributed by atoms with van der Waals surface area (Å²) in [5.74, 6) is 0.502. The van der Waals surface area contributed by atoms with Crippen LogP contribution in [0.4, 0.5) is 0 Å². The highest BCUT2D eigenvalue weighted by atomic mass is 32.1. The molecule has 0 radical (unpaired) electrons. The normalized spacial score (nSPS) is 16.7. The Morgan fingerprint density at radius 2 is 1.45 bits per heavy atom. The molecule has 2 aliphatic carbocycles. The Hall–Kier alpha value is -4.98. The molecule has 2 aliphatic rings. The molecular weight excluding hydrogens is 669 g/mol. The molecule has 0 saturated heterocycles. The highest BCUT2D eigenvalue weighted by Gasteiger charge is 2.22. The van der Waals surface area contributed by atoms with Crippen molar-refractivity contribution in [1.29, 1.82) is 0 Å². The molecule has 5 rings (SSSR count). The zero-order valence-electron chi connectivity index (χ0n) is 31.4. The van der Waals surface area contributed by atoms with E-state index in [1.807, 2.05) is 20.0 Å². The van der Waals surface area contributed by atoms with Gasteiger partial charge in [0.25, 0.3) is 0 Å². The van der Waals surface area contributed by atoms with Crippen molar-refractivity contribution >= 4 is 23.9 Å². The summed E-state index contributed by atoms with van der Waals surface area (Å²) in [4.78, 5) is 4.71. The van der Waals surface area contributed by atoms with E-state index in [0.717, 1.165) is 72.7 Å². The van der Waals surface area contributed by atoms with Crippen LogP contribution in [0.2, 0.25) is 0 Å². The lowest BCUT2D eigenvalue weighted by atomic mass is 9.89. The fourth-order valence-electron chi connectivity index (χ4n) is 6.77. The monoisotopic (exact) mass is 724 g/mol. The van der Waals surface area contributed by atoms with Crippen molar-refractivity contribution in [3.05, 3.63) is 174 Å². The first kappa shape index (κ1) is 39.2. The van der Waals surface area contributed by atoms with Crippen LogP contribution in [0.25, 0.3) is 16.7 Å². The van der Waals surface area contributed by atoms with Gasteiger partial charge in [0.15, 0.2) is 0 Å². The number of rotatable bonds is 19. The summed E-state index contributed by atoms with van der Waals surface area (Å²) in [7, 11) is 1.92. The maximum Gasteiger partial charge on any atom is 0.0892 e. The minimum atomic E-state index is -0.275. The Bertz CT molecular complexity index is 1870. The van der Waals surface area contributed by atoms with Gasteiger partial charge >= 0.3 is 0 Å². The quantitative estimate of drug-likeness (QED) is 0.0702. The van der Waals surface area contributed by atoms with Crippen molar-refractivity contribution in [3.8, 4) is 11.1 Å². The van der Waals surface area contributed by atoms with Crippen LogP contribution in [0.5, 0.6) is 0 Å². The highest BCUT2D eigenvalue weighted by Crippen LogP contribution is 2.29. The van der Waals surface area contributed by atoms with Crippen LogP contribution in [0, 0.1) is 0 Å². The van der Waals surface area contributed by atoms with Crippen molar-refractivity contribution in [2.45, 2.75) is 57.2 Å². The zero-order valence-corrected chi connectivity index (χ0v) is 32.3. The van der Waals surface area contributed by atoms with Crippen LogP contribution in [0.3, 0.4) is 0 Å². The van der Waals surface area contributed by atoms with E-state index in [-0.39, 0.29) is 18.1 Å². The SMILES string of the molecule is C=C1C(NCCC(CC2=CC=C(c3ccccc3)CC2)NC(=C)C(Cc2ccc(-c3ccccc3)cc2)NC(=C)C(N)CS)=CC=C(NC)C1=NCC. The minimum Gasteiger partial charge on any atom is -0.386 e. The molecule has 0 spiro atoms. The van der Waals surface area contributed by atoms with Crippen molar-refractivity contribution in [2.24, 2.45) is 10.7 Å². The van der Waals surface area contributed by atoms with E-state index in [9.17, 15) is 0 Å². The van der Waals surface area contributed by atoms with E-state index in [4.69, 9.17) is 10.7 Å². The number of nitrogens with one attached hydrogen (secondary N) is 4. The maximum absolute atomic E-state index is 6.38. The van der Waals surface area contributed by atoms with Crippen LogP contribution >= 0.6 is 12.6 Å². The van der Waals surface area contributed by atoms with E-state index in [0.29, 0.717) is 12.3 Å². The van der Waals surface area contributed by atoms with Gasteiger partial charge in [-0.15, -0.1) is 0 Å². The molecular formula is C46H56N6S. The third-order valence-electron chi connectivity index (χ3n) is 9.88. The molecule has 0 fully saturated rings. The second kappa shape index (κ2) is 19.7. The lowest BCUT2D eigenvalue weighted by molar-refractivity contribution is 0.469. The molecule has 3 unspecified atom stereocenters. The Balaban J connectivity index is 1.34. The lowest BCUT2D eigenvalue weighted by Gasteiger charge is -2.31. The summed E-state index contributed by atoms with van der Waals surface area (Å²) in [5, 5.41) is 14.4. The van der Waals surface area contributed by atoms with Crippen LogP contribution in [0.1, 0.15) is 43.7 Å². The highest BCUT2D eigenvalue weighted by molar-refractivity contribution is 7.80. The number of hydrogen-bond donors (Lipinski definition) is 6. The minimum absolute atomic E-state index is 0.130. The number of thiol groups is 1. The third kappa shape index (κ3) is 11.0. The number of nitrogens with two attached hydrogens (primary N) is 1. The maximum atomic E-state index is 6.38. The van der Waals surface area contributed by atoms with Gasteiger partial charge in [-0.3, -0.25) is 4.99 Å². The smallest absolute Gasteiger partial charge is 0.0892 e. The third-order valence-corrected chi connectivity index (χ3v) is 10.3. The van der Waals surface area contributed by atoms with Crippen molar-refractivity contribution in [1.82, 2.24) is 21.3 Å². The van der Waals surface area contributed by atoms with Crippen LogP contribution in [-0.4, -0.2) is 49.7 Å². The molecule has 53 heavy (non-hydrogen) atoms. The van der Waals surface area contributed by atoms with Crippen molar-refractivity contribution < 1.29 is 0 Å². The molecule has 0 aliphatic heterocycles. The van der Waals surface area contributed by atoms with Gasteiger partial charge < -0.3 is 27.0 Å². The second-order valence-electron chi connectivity index (χ2n) is 13.7. The number of hydrogen-bond acceptors (Lipinski definition) is 7. The van der Waals surface area contributed by atoms with Gasteiger partial charge in [-0.25, -0.2) is 0 Å². The predicted octanol–water partition coefficient (Wildman–Crippen LogP) is 8.29. The van der Waals surface area contributed by atoms with Crippen molar-refractivity contribution in [2.75, 3.05) is 25.9 Å². The second-order valence-corrected chi connectivity index (χ2v) is 14.0.